The predicted molar refractivity (Wildman–Crippen MR) is 140 cm³/mol. The summed E-state index contributed by atoms with van der Waals surface area (Å²) in [7, 11) is -3.41. The quantitative estimate of drug-likeness (QED) is 0.133. The normalized spacial score (nSPS) is 14.2. The molecule has 2 aromatic carbocycles. The Kier molecular flexibility index (Phi) is 10.7. The number of rotatable bonds is 15. The Balaban J connectivity index is 1.90. The second-order valence-electron chi connectivity index (χ2n) is 9.75. The molecule has 1 aliphatic rings. The minimum atomic E-state index is -4.65. The zero-order valence-electron chi connectivity index (χ0n) is 22.2. The van der Waals surface area contributed by atoms with Crippen LogP contribution in [0.15, 0.2) is 36.4 Å². The van der Waals surface area contributed by atoms with Gasteiger partial charge in [0.1, 0.15) is 23.6 Å². The molecule has 0 radical (unpaired) electrons. The smallest absolute Gasteiger partial charge is 0.346 e. The van der Waals surface area contributed by atoms with Crippen LogP contribution in [0.25, 0.3) is 11.1 Å². The van der Waals surface area contributed by atoms with Crippen molar-refractivity contribution in [2.45, 2.75) is 70.4 Å². The summed E-state index contributed by atoms with van der Waals surface area (Å²) in [6.07, 6.45) is -0.845. The molecule has 5 nitrogen and oxygen atoms in total. The number of carbonyl (C=O) groups excluding carboxylic acids is 1. The van der Waals surface area contributed by atoms with Gasteiger partial charge in [-0.25, -0.2) is 8.78 Å². The van der Waals surface area contributed by atoms with Gasteiger partial charge in [0.25, 0.3) is 0 Å². The van der Waals surface area contributed by atoms with Gasteiger partial charge in [0.15, 0.2) is 0 Å². The summed E-state index contributed by atoms with van der Waals surface area (Å²) in [5.41, 5.74) is -0.518. The SMILES string of the molecule is CCCCOP(=O)(CCCCC1(C(=O)NCC(F)(F)F)c2ccc(F)cc2-c2cc(F)ccc21)OCCCC. The van der Waals surface area contributed by atoms with Crippen LogP contribution < -0.4 is 5.32 Å². The van der Waals surface area contributed by atoms with E-state index in [1.165, 1.54) is 12.1 Å². The largest absolute Gasteiger partial charge is 0.405 e. The Labute approximate surface area is 226 Å². The molecule has 0 saturated heterocycles. The van der Waals surface area contributed by atoms with Crippen LogP contribution in [0.3, 0.4) is 0 Å². The molecule has 1 aliphatic carbocycles. The number of alkyl halides is 3. The highest BCUT2D eigenvalue weighted by Gasteiger charge is 2.49. The maximum Gasteiger partial charge on any atom is 0.405 e. The Morgan fingerprint density at radius 1 is 0.872 bits per heavy atom. The van der Waals surface area contributed by atoms with Gasteiger partial charge in [-0.2, -0.15) is 13.2 Å². The summed E-state index contributed by atoms with van der Waals surface area (Å²) in [6.45, 7) is 2.96. The molecule has 0 fully saturated rings. The Bertz CT molecular complexity index is 1120. The fourth-order valence-corrected chi connectivity index (χ4v) is 6.64. The van der Waals surface area contributed by atoms with Crippen LogP contribution in [-0.4, -0.2) is 38.0 Å². The summed E-state index contributed by atoms with van der Waals surface area (Å²) < 4.78 is 92.1. The Morgan fingerprint density at radius 3 is 1.85 bits per heavy atom. The van der Waals surface area contributed by atoms with Crippen molar-refractivity contribution in [2.75, 3.05) is 25.9 Å². The molecule has 0 aromatic heterocycles. The molecule has 2 aromatic rings. The molecule has 0 saturated carbocycles. The van der Waals surface area contributed by atoms with E-state index in [2.05, 4.69) is 0 Å². The first kappa shape index (κ1) is 31.2. The number of fused-ring (bicyclic) bond motifs is 3. The van der Waals surface area contributed by atoms with Crippen LogP contribution in [0.5, 0.6) is 0 Å². The van der Waals surface area contributed by atoms with Gasteiger partial charge in [-0.3, -0.25) is 9.36 Å². The highest BCUT2D eigenvalue weighted by atomic mass is 31.2. The van der Waals surface area contributed by atoms with Crippen LogP contribution in [0.4, 0.5) is 22.0 Å². The minimum Gasteiger partial charge on any atom is -0.346 e. The first-order valence-corrected chi connectivity index (χ1v) is 15.0. The van der Waals surface area contributed by atoms with Gasteiger partial charge in [0.2, 0.25) is 5.91 Å². The van der Waals surface area contributed by atoms with Gasteiger partial charge in [0, 0.05) is 0 Å². The van der Waals surface area contributed by atoms with E-state index in [-0.39, 0.29) is 43.3 Å². The molecule has 216 valence electrons. The highest BCUT2D eigenvalue weighted by molar-refractivity contribution is 7.53. The number of hydrogen-bond donors (Lipinski definition) is 1. The lowest BCUT2D eigenvalue weighted by Gasteiger charge is -2.31. The Morgan fingerprint density at radius 2 is 1.38 bits per heavy atom. The summed E-state index contributed by atoms with van der Waals surface area (Å²) in [5.74, 6) is -2.16. The molecular weight excluding hydrogens is 540 g/mol. The molecule has 1 amide bonds. The molecule has 39 heavy (non-hydrogen) atoms. The van der Waals surface area contributed by atoms with Gasteiger partial charge in [-0.15, -0.1) is 0 Å². The monoisotopic (exact) mass is 575 g/mol. The molecule has 0 aliphatic heterocycles. The van der Waals surface area contributed by atoms with E-state index in [0.29, 0.717) is 30.4 Å². The number of unbranched alkanes of at least 4 members (excludes halogenated alkanes) is 3. The van der Waals surface area contributed by atoms with Crippen molar-refractivity contribution < 1.29 is 40.4 Å². The molecule has 1 N–H and O–H groups in total. The lowest BCUT2D eigenvalue weighted by atomic mass is 9.73. The van der Waals surface area contributed by atoms with Crippen molar-refractivity contribution >= 4 is 13.5 Å². The second kappa shape index (κ2) is 13.4. The van der Waals surface area contributed by atoms with Gasteiger partial charge in [0.05, 0.1) is 19.4 Å². The molecule has 0 atom stereocenters. The average molecular weight is 576 g/mol. The van der Waals surface area contributed by atoms with Gasteiger partial charge < -0.3 is 14.4 Å². The standard InChI is InChI=1S/C28H35F5NO4P/c1-3-5-14-37-39(36,38-15-6-4-2)16-8-7-13-27(26(35)34-19-28(31,32)33)24-11-9-20(29)17-22(24)23-18-21(30)10-12-25(23)27/h9-12,17-18H,3-8,13-16,19H2,1-2H3,(H,34,35). The molecule has 0 unspecified atom stereocenters. The number of hydrogen-bond acceptors (Lipinski definition) is 4. The van der Waals surface area contributed by atoms with Crippen LogP contribution in [-0.2, 0) is 23.8 Å². The average Bonchev–Trinajstić information content (AvgIpc) is 3.14. The minimum absolute atomic E-state index is 0.0257. The first-order valence-electron chi connectivity index (χ1n) is 13.3. The molecule has 3 rings (SSSR count). The van der Waals surface area contributed by atoms with Gasteiger partial charge in [-0.05, 0) is 72.2 Å². The van der Waals surface area contributed by atoms with Crippen molar-refractivity contribution in [1.29, 1.82) is 0 Å². The number of nitrogens with one attached hydrogen (secondary N) is 1. The second-order valence-corrected chi connectivity index (χ2v) is 11.9. The van der Waals surface area contributed by atoms with Crippen LogP contribution in [0.2, 0.25) is 0 Å². The van der Waals surface area contributed by atoms with Gasteiger partial charge in [-0.1, -0.05) is 45.2 Å². The zero-order valence-corrected chi connectivity index (χ0v) is 23.1. The molecule has 0 spiro atoms. The lowest BCUT2D eigenvalue weighted by molar-refractivity contribution is -0.141. The van der Waals surface area contributed by atoms with Crippen molar-refractivity contribution in [2.24, 2.45) is 0 Å². The van der Waals surface area contributed by atoms with Crippen LogP contribution >= 0.6 is 7.60 Å². The summed E-state index contributed by atoms with van der Waals surface area (Å²) in [6, 6.07) is 7.30. The van der Waals surface area contributed by atoms with Crippen molar-refractivity contribution in [3.8, 4) is 11.1 Å². The van der Waals surface area contributed by atoms with E-state index < -0.39 is 43.3 Å². The highest BCUT2D eigenvalue weighted by Crippen LogP contribution is 2.53. The van der Waals surface area contributed by atoms with Crippen molar-refractivity contribution in [3.63, 3.8) is 0 Å². The summed E-state index contributed by atoms with van der Waals surface area (Å²) in [4.78, 5) is 13.5. The van der Waals surface area contributed by atoms with Crippen LogP contribution in [0, 0.1) is 11.6 Å². The third-order valence-corrected chi connectivity index (χ3v) is 8.83. The van der Waals surface area contributed by atoms with Crippen molar-refractivity contribution in [3.05, 3.63) is 59.2 Å². The number of benzene rings is 2. The van der Waals surface area contributed by atoms with Crippen molar-refractivity contribution in [1.82, 2.24) is 5.32 Å². The van der Waals surface area contributed by atoms with E-state index in [4.69, 9.17) is 9.05 Å². The van der Waals surface area contributed by atoms with E-state index in [1.807, 2.05) is 19.2 Å². The number of amides is 1. The molecule has 0 heterocycles. The fraction of sp³-hybridized carbons (Fsp3) is 0.536. The summed E-state index contributed by atoms with van der Waals surface area (Å²) in [5, 5.41) is 1.99. The van der Waals surface area contributed by atoms with E-state index in [0.717, 1.165) is 37.1 Å². The zero-order chi connectivity index (χ0) is 28.7. The fourth-order valence-electron chi connectivity index (χ4n) is 4.88. The first-order chi connectivity index (χ1) is 18.5. The molecule has 11 heteroatoms. The Hall–Kier alpha value is -2.29. The third-order valence-electron chi connectivity index (χ3n) is 6.82. The third kappa shape index (κ3) is 7.68. The molecule has 0 bridgehead atoms. The predicted octanol–water partition coefficient (Wildman–Crippen LogP) is 7.91. The van der Waals surface area contributed by atoms with Gasteiger partial charge >= 0.3 is 13.8 Å². The maximum absolute atomic E-state index is 14.2. The number of halogens is 5. The van der Waals surface area contributed by atoms with Crippen LogP contribution in [0.1, 0.15) is 69.9 Å². The topological polar surface area (TPSA) is 64.6 Å². The molecular formula is C28H35F5NO4P. The maximum atomic E-state index is 14.2. The van der Waals surface area contributed by atoms with E-state index in [1.54, 1.807) is 0 Å². The van der Waals surface area contributed by atoms with E-state index in [9.17, 15) is 31.3 Å². The number of carbonyl (C=O) groups is 1. The van der Waals surface area contributed by atoms with E-state index >= 15 is 0 Å². The lowest BCUT2D eigenvalue weighted by Crippen LogP contribution is -2.47. The summed E-state index contributed by atoms with van der Waals surface area (Å²) >= 11 is 0.